The van der Waals surface area contributed by atoms with E-state index in [2.05, 4.69) is 15.6 Å². The lowest BCUT2D eigenvalue weighted by Gasteiger charge is -2.44. The largest absolute Gasteiger partial charge is 0.497 e. The van der Waals surface area contributed by atoms with Crippen molar-refractivity contribution in [2.45, 2.75) is 81.6 Å². The van der Waals surface area contributed by atoms with Crippen molar-refractivity contribution in [2.24, 2.45) is 0 Å². The van der Waals surface area contributed by atoms with E-state index in [-0.39, 0.29) is 40.9 Å². The first-order valence-corrected chi connectivity index (χ1v) is 18.1. The summed E-state index contributed by atoms with van der Waals surface area (Å²) in [5, 5.41) is 8.90. The minimum absolute atomic E-state index is 0.0527. The highest BCUT2D eigenvalue weighted by Gasteiger charge is 2.37. The Morgan fingerprint density at radius 1 is 1.13 bits per heavy atom. The second-order valence-electron chi connectivity index (χ2n) is 12.7. The van der Waals surface area contributed by atoms with E-state index in [1.807, 2.05) is 20.8 Å². The molecule has 15 heteroatoms. The summed E-state index contributed by atoms with van der Waals surface area (Å²) in [6.45, 7) is 6.43. The Kier molecular flexibility index (Phi) is 10.7. The fraction of sp³-hybridized carbons (Fsp3) is 0.500. The maximum Gasteiger partial charge on any atom is 0.410 e. The minimum atomic E-state index is -4.46. The highest BCUT2D eigenvalue weighted by molar-refractivity contribution is 7.93. The van der Waals surface area contributed by atoms with Gasteiger partial charge in [0, 0.05) is 54.4 Å². The van der Waals surface area contributed by atoms with E-state index >= 15 is 4.39 Å². The molecule has 1 saturated heterocycles. The van der Waals surface area contributed by atoms with Gasteiger partial charge in [0.05, 0.1) is 31.5 Å². The summed E-state index contributed by atoms with van der Waals surface area (Å²) in [6.07, 6.45) is 4.88. The van der Waals surface area contributed by atoms with E-state index in [9.17, 15) is 13.2 Å². The number of benzene rings is 2. The van der Waals surface area contributed by atoms with Gasteiger partial charge in [0.15, 0.2) is 5.13 Å². The van der Waals surface area contributed by atoms with Crippen molar-refractivity contribution in [2.75, 3.05) is 36.9 Å². The molecular weight excluding hydrogens is 669 g/mol. The van der Waals surface area contributed by atoms with Gasteiger partial charge in [-0.05, 0) is 57.9 Å². The fourth-order valence-electron chi connectivity index (χ4n) is 5.75. The molecule has 0 bridgehead atoms. The lowest BCUT2D eigenvalue weighted by atomic mass is 9.89. The summed E-state index contributed by atoms with van der Waals surface area (Å²) < 4.78 is 61.2. The quantitative estimate of drug-likeness (QED) is 0.237. The number of sulfonamides is 1. The van der Waals surface area contributed by atoms with E-state index in [1.54, 1.807) is 28.5 Å². The second-order valence-corrected chi connectivity index (χ2v) is 15.8. The predicted octanol–water partition coefficient (Wildman–Crippen LogP) is 6.28. The van der Waals surface area contributed by atoms with Gasteiger partial charge in [-0.1, -0.05) is 24.4 Å². The number of amides is 1. The van der Waals surface area contributed by atoms with Crippen LogP contribution >= 0.6 is 22.9 Å². The Labute approximate surface area is 284 Å². The predicted molar refractivity (Wildman–Crippen MR) is 181 cm³/mol. The van der Waals surface area contributed by atoms with Crippen molar-refractivity contribution in [1.29, 1.82) is 0 Å². The number of ether oxygens (including phenoxy) is 3. The molecule has 2 aliphatic rings. The molecule has 2 fully saturated rings. The molecule has 1 amide bonds. The summed E-state index contributed by atoms with van der Waals surface area (Å²) >= 11 is 7.77. The average molecular weight is 710 g/mol. The van der Waals surface area contributed by atoms with Gasteiger partial charge in [-0.25, -0.2) is 26.9 Å². The van der Waals surface area contributed by atoms with Gasteiger partial charge in [-0.15, -0.1) is 11.3 Å². The van der Waals surface area contributed by atoms with Crippen molar-refractivity contribution in [1.82, 2.24) is 15.2 Å². The molecule has 0 spiro atoms. The summed E-state index contributed by atoms with van der Waals surface area (Å²) in [6, 6.07) is 7.41. The van der Waals surface area contributed by atoms with Crippen LogP contribution in [0.15, 0.2) is 46.8 Å². The maximum absolute atomic E-state index is 15.8. The molecule has 2 N–H and O–H groups in total. The number of halogens is 2. The molecule has 5 rings (SSSR count). The number of nitrogens with one attached hydrogen (secondary N) is 2. The molecule has 1 aliphatic heterocycles. The molecule has 0 radical (unpaired) electrons. The number of anilines is 2. The SMILES string of the molecule is COc1ccc(CN(c2nccs2)S(=O)(=O)c2cc(Cl)c(NC3CCCC[C@@H]3NC3CN(C(=O)OC(C)(C)C)C3)cc2F)c(OC)c1. The van der Waals surface area contributed by atoms with Gasteiger partial charge in [0.1, 0.15) is 27.8 Å². The molecule has 1 saturated carbocycles. The van der Waals surface area contributed by atoms with Crippen LogP contribution in [0.3, 0.4) is 0 Å². The molecule has 2 aromatic carbocycles. The lowest BCUT2D eigenvalue weighted by molar-refractivity contribution is 0.00349. The van der Waals surface area contributed by atoms with E-state index in [4.69, 9.17) is 25.8 Å². The van der Waals surface area contributed by atoms with Gasteiger partial charge >= 0.3 is 6.09 Å². The number of carbonyl (C=O) groups is 1. The summed E-state index contributed by atoms with van der Waals surface area (Å²) in [5.74, 6) is 0.0164. The number of nitrogens with zero attached hydrogens (tertiary/aromatic N) is 3. The zero-order valence-corrected chi connectivity index (χ0v) is 29.5. The van der Waals surface area contributed by atoms with Crippen LogP contribution < -0.4 is 24.4 Å². The minimum Gasteiger partial charge on any atom is -0.497 e. The van der Waals surface area contributed by atoms with E-state index < -0.39 is 26.3 Å². The van der Waals surface area contributed by atoms with Gasteiger partial charge in [0.25, 0.3) is 10.0 Å². The van der Waals surface area contributed by atoms with Gasteiger partial charge < -0.3 is 29.7 Å². The van der Waals surface area contributed by atoms with E-state index in [1.165, 1.54) is 20.4 Å². The first kappa shape index (κ1) is 35.0. The van der Waals surface area contributed by atoms with Crippen molar-refractivity contribution in [3.05, 3.63) is 58.3 Å². The van der Waals surface area contributed by atoms with Crippen LogP contribution in [0.25, 0.3) is 0 Å². The van der Waals surface area contributed by atoms with Crippen molar-refractivity contribution >= 4 is 49.9 Å². The molecular formula is C32H41ClFN5O6S2. The number of aromatic nitrogens is 1. The van der Waals surface area contributed by atoms with Gasteiger partial charge in [-0.2, -0.15) is 0 Å². The van der Waals surface area contributed by atoms with Gasteiger partial charge in [0.2, 0.25) is 0 Å². The molecule has 11 nitrogen and oxygen atoms in total. The number of thiazole rings is 1. The van der Waals surface area contributed by atoms with Crippen LogP contribution in [0.4, 0.5) is 20.0 Å². The topological polar surface area (TPSA) is 122 Å². The monoisotopic (exact) mass is 709 g/mol. The third-order valence-electron chi connectivity index (χ3n) is 8.12. The molecule has 1 aromatic heterocycles. The Morgan fingerprint density at radius 3 is 2.49 bits per heavy atom. The van der Waals surface area contributed by atoms with Crippen molar-refractivity contribution in [3.63, 3.8) is 0 Å². The smallest absolute Gasteiger partial charge is 0.410 e. The van der Waals surface area contributed by atoms with Crippen LogP contribution in [0, 0.1) is 5.82 Å². The standard InChI is InChI=1S/C32H41ClFN5O6S2/c1-32(2,3)45-31(40)38-18-21(19-38)36-25-8-6-7-9-26(25)37-27-16-24(34)29(15-23(27)33)47(41,42)39(30-35-12-13-46-30)17-20-10-11-22(43-4)14-28(20)44-5/h10-16,21,25-26,36-37H,6-9,17-19H2,1-5H3/t25-,26?/m0/s1. The Bertz CT molecular complexity index is 1660. The average Bonchev–Trinajstić information content (AvgIpc) is 3.53. The Balaban J connectivity index is 1.32. The van der Waals surface area contributed by atoms with Crippen LogP contribution in [0.5, 0.6) is 11.5 Å². The first-order valence-electron chi connectivity index (χ1n) is 15.4. The normalized spacial score (nSPS) is 18.7. The lowest BCUT2D eigenvalue weighted by Crippen LogP contribution is -2.64. The summed E-state index contributed by atoms with van der Waals surface area (Å²) in [7, 11) is -1.46. The first-order chi connectivity index (χ1) is 22.3. The highest BCUT2D eigenvalue weighted by atomic mass is 35.5. The number of hydrogen-bond acceptors (Lipinski definition) is 10. The summed E-state index contributed by atoms with van der Waals surface area (Å²) in [5.41, 5.74) is 0.289. The van der Waals surface area contributed by atoms with Crippen LogP contribution in [-0.2, 0) is 21.3 Å². The Morgan fingerprint density at radius 2 is 1.85 bits per heavy atom. The number of rotatable bonds is 11. The van der Waals surface area contributed by atoms with Crippen molar-refractivity contribution < 1.29 is 31.8 Å². The number of likely N-dealkylation sites (tertiary alicyclic amines) is 1. The second kappa shape index (κ2) is 14.4. The van der Waals surface area contributed by atoms with Crippen LogP contribution in [0.1, 0.15) is 52.0 Å². The highest BCUT2D eigenvalue weighted by Crippen LogP contribution is 2.36. The Hall–Kier alpha value is -3.33. The van der Waals surface area contributed by atoms with Gasteiger partial charge in [-0.3, -0.25) is 0 Å². The van der Waals surface area contributed by atoms with Crippen molar-refractivity contribution in [3.8, 4) is 11.5 Å². The summed E-state index contributed by atoms with van der Waals surface area (Å²) in [4.78, 5) is 17.7. The van der Waals surface area contributed by atoms with E-state index in [0.29, 0.717) is 35.8 Å². The third kappa shape index (κ3) is 8.22. The number of carbonyl (C=O) groups excluding carboxylic acids is 1. The zero-order valence-electron chi connectivity index (χ0n) is 27.1. The molecule has 2 atom stereocenters. The molecule has 47 heavy (non-hydrogen) atoms. The fourth-order valence-corrected chi connectivity index (χ4v) is 8.38. The zero-order chi connectivity index (χ0) is 33.9. The number of hydrogen-bond donors (Lipinski definition) is 2. The maximum atomic E-state index is 15.8. The molecule has 256 valence electrons. The molecule has 2 heterocycles. The van der Waals surface area contributed by atoms with Crippen LogP contribution in [-0.4, -0.2) is 75.4 Å². The third-order valence-corrected chi connectivity index (χ3v) is 11.1. The number of methoxy groups -OCH3 is 2. The molecule has 1 aliphatic carbocycles. The molecule has 3 aromatic rings. The molecule has 1 unspecified atom stereocenters. The van der Waals surface area contributed by atoms with Crippen LogP contribution in [0.2, 0.25) is 5.02 Å². The van der Waals surface area contributed by atoms with E-state index in [0.717, 1.165) is 53.5 Å².